The van der Waals surface area contributed by atoms with Gasteiger partial charge in [-0.15, -0.1) is 0 Å². The lowest BCUT2D eigenvalue weighted by atomic mass is 10.1. The minimum absolute atomic E-state index is 0.253. The summed E-state index contributed by atoms with van der Waals surface area (Å²) < 4.78 is 2.30. The third-order valence-corrected chi connectivity index (χ3v) is 4.12. The average Bonchev–Trinajstić information content (AvgIpc) is 3.16. The summed E-state index contributed by atoms with van der Waals surface area (Å²) in [5.41, 5.74) is 8.40. The highest BCUT2D eigenvalue weighted by Gasteiger charge is 2.29. The Morgan fingerprint density at radius 3 is 2.95 bits per heavy atom. The van der Waals surface area contributed by atoms with Crippen molar-refractivity contribution < 1.29 is 0 Å². The monoisotopic (exact) mass is 277 g/mol. The van der Waals surface area contributed by atoms with Crippen LogP contribution in [0, 0.1) is 5.92 Å². The van der Waals surface area contributed by atoms with E-state index < -0.39 is 0 Å². The van der Waals surface area contributed by atoms with Crippen LogP contribution in [-0.2, 0) is 13.0 Å². The van der Waals surface area contributed by atoms with E-state index >= 15 is 0 Å². The lowest BCUT2D eigenvalue weighted by Gasteiger charge is -2.12. The van der Waals surface area contributed by atoms with Crippen LogP contribution < -0.4 is 5.73 Å². The number of aromatic nitrogens is 2. The Hall–Kier alpha value is -1.06. The number of rotatable bonds is 5. The van der Waals surface area contributed by atoms with Crippen LogP contribution in [0.5, 0.6) is 0 Å². The molecule has 19 heavy (non-hydrogen) atoms. The minimum Gasteiger partial charge on any atom is -0.328 e. The highest BCUT2D eigenvalue weighted by atomic mass is 35.5. The molecule has 1 aromatic carbocycles. The van der Waals surface area contributed by atoms with Gasteiger partial charge >= 0.3 is 0 Å². The van der Waals surface area contributed by atoms with Crippen molar-refractivity contribution in [1.29, 1.82) is 0 Å². The third-order valence-electron chi connectivity index (χ3n) is 3.88. The van der Waals surface area contributed by atoms with Gasteiger partial charge in [0, 0.05) is 24.0 Å². The second-order valence-electron chi connectivity index (χ2n) is 5.52. The normalized spacial score (nSPS) is 17.0. The molecule has 1 fully saturated rings. The minimum atomic E-state index is 0.253. The molecule has 0 radical (unpaired) electrons. The van der Waals surface area contributed by atoms with E-state index in [9.17, 15) is 0 Å². The molecule has 102 valence electrons. The molecule has 1 saturated carbocycles. The van der Waals surface area contributed by atoms with Gasteiger partial charge in [0.25, 0.3) is 0 Å². The Labute approximate surface area is 118 Å². The van der Waals surface area contributed by atoms with Crippen LogP contribution in [0.1, 0.15) is 32.0 Å². The van der Waals surface area contributed by atoms with Gasteiger partial charge in [-0.25, -0.2) is 4.98 Å². The fraction of sp³-hybridized carbons (Fsp3) is 0.533. The molecule has 3 rings (SSSR count). The first kappa shape index (κ1) is 12.9. The molecule has 2 aromatic rings. The summed E-state index contributed by atoms with van der Waals surface area (Å²) in [5.74, 6) is 1.82. The molecule has 0 amide bonds. The first-order valence-corrected chi connectivity index (χ1v) is 7.47. The molecule has 1 heterocycles. The van der Waals surface area contributed by atoms with E-state index in [1.165, 1.54) is 18.4 Å². The molecule has 0 spiro atoms. The van der Waals surface area contributed by atoms with Crippen molar-refractivity contribution in [1.82, 2.24) is 9.55 Å². The lowest BCUT2D eigenvalue weighted by Crippen LogP contribution is -2.26. The lowest BCUT2D eigenvalue weighted by molar-refractivity contribution is 0.549. The molecule has 2 N–H and O–H groups in total. The summed E-state index contributed by atoms with van der Waals surface area (Å²) in [6, 6.07) is 6.19. The van der Waals surface area contributed by atoms with Crippen LogP contribution in [0.25, 0.3) is 11.0 Å². The molecule has 0 aliphatic heterocycles. The van der Waals surface area contributed by atoms with E-state index in [0.717, 1.165) is 35.8 Å². The van der Waals surface area contributed by atoms with Gasteiger partial charge in [-0.3, -0.25) is 0 Å². The van der Waals surface area contributed by atoms with Gasteiger partial charge in [0.15, 0.2) is 0 Å². The zero-order valence-corrected chi connectivity index (χ0v) is 12.0. The Bertz CT molecular complexity index is 586. The SMILES string of the molecule is CCCn1c(CC(N)C2CC2)nc2cc(Cl)ccc21. The van der Waals surface area contributed by atoms with E-state index in [0.29, 0.717) is 5.92 Å². The molecular weight excluding hydrogens is 258 g/mol. The topological polar surface area (TPSA) is 43.8 Å². The number of nitrogens with two attached hydrogens (primary N) is 1. The van der Waals surface area contributed by atoms with E-state index in [4.69, 9.17) is 22.3 Å². The number of aryl methyl sites for hydroxylation is 1. The van der Waals surface area contributed by atoms with Crippen molar-refractivity contribution in [2.45, 2.75) is 45.2 Å². The third kappa shape index (κ3) is 2.63. The molecule has 1 atom stereocenters. The Kier molecular flexibility index (Phi) is 3.50. The van der Waals surface area contributed by atoms with Crippen molar-refractivity contribution in [2.75, 3.05) is 0 Å². The average molecular weight is 278 g/mol. The molecule has 0 saturated heterocycles. The summed E-state index contributed by atoms with van der Waals surface area (Å²) >= 11 is 6.05. The van der Waals surface area contributed by atoms with Crippen LogP contribution in [0.3, 0.4) is 0 Å². The standard InChI is InChI=1S/C15H20ClN3/c1-2-7-19-14-6-5-11(16)8-13(14)18-15(19)9-12(17)10-3-4-10/h5-6,8,10,12H,2-4,7,9,17H2,1H3. The summed E-state index contributed by atoms with van der Waals surface area (Å²) in [6.07, 6.45) is 4.53. The molecule has 3 nitrogen and oxygen atoms in total. The quantitative estimate of drug-likeness (QED) is 0.910. The van der Waals surface area contributed by atoms with Gasteiger partial charge < -0.3 is 10.3 Å². The molecule has 1 aliphatic carbocycles. The molecule has 0 bridgehead atoms. The van der Waals surface area contributed by atoms with E-state index in [-0.39, 0.29) is 6.04 Å². The first-order valence-electron chi connectivity index (χ1n) is 7.09. The van der Waals surface area contributed by atoms with Crippen LogP contribution in [0.4, 0.5) is 0 Å². The maximum absolute atomic E-state index is 6.25. The zero-order valence-electron chi connectivity index (χ0n) is 11.3. The van der Waals surface area contributed by atoms with Crippen molar-refractivity contribution >= 4 is 22.6 Å². The fourth-order valence-electron chi connectivity index (χ4n) is 2.68. The highest BCUT2D eigenvalue weighted by Crippen LogP contribution is 2.33. The number of hydrogen-bond acceptors (Lipinski definition) is 2. The highest BCUT2D eigenvalue weighted by molar-refractivity contribution is 6.31. The van der Waals surface area contributed by atoms with Gasteiger partial charge in [0.2, 0.25) is 0 Å². The number of hydrogen-bond donors (Lipinski definition) is 1. The fourth-order valence-corrected chi connectivity index (χ4v) is 2.85. The van der Waals surface area contributed by atoms with Crippen molar-refractivity contribution in [3.63, 3.8) is 0 Å². The summed E-state index contributed by atoms with van der Waals surface area (Å²) in [7, 11) is 0. The van der Waals surface area contributed by atoms with E-state index in [1.54, 1.807) is 0 Å². The first-order chi connectivity index (χ1) is 9.19. The van der Waals surface area contributed by atoms with Crippen molar-refractivity contribution in [3.8, 4) is 0 Å². The maximum Gasteiger partial charge on any atom is 0.111 e. The summed E-state index contributed by atoms with van der Waals surface area (Å²) in [5, 5.41) is 0.742. The van der Waals surface area contributed by atoms with Crippen LogP contribution in [-0.4, -0.2) is 15.6 Å². The Balaban J connectivity index is 1.98. The predicted molar refractivity (Wildman–Crippen MR) is 79.4 cm³/mol. The number of halogens is 1. The van der Waals surface area contributed by atoms with E-state index in [1.807, 2.05) is 12.1 Å². The predicted octanol–water partition coefficient (Wildman–Crippen LogP) is 3.38. The van der Waals surface area contributed by atoms with Gasteiger partial charge in [-0.05, 0) is 43.4 Å². The van der Waals surface area contributed by atoms with Crippen LogP contribution >= 0.6 is 11.6 Å². The molecule has 4 heteroatoms. The van der Waals surface area contributed by atoms with Crippen molar-refractivity contribution in [3.05, 3.63) is 29.0 Å². The van der Waals surface area contributed by atoms with Crippen molar-refractivity contribution in [2.24, 2.45) is 11.7 Å². The van der Waals surface area contributed by atoms with Gasteiger partial charge in [0.1, 0.15) is 5.82 Å². The number of fused-ring (bicyclic) bond motifs is 1. The van der Waals surface area contributed by atoms with Crippen LogP contribution in [0.15, 0.2) is 18.2 Å². The van der Waals surface area contributed by atoms with E-state index in [2.05, 4.69) is 17.6 Å². The molecule has 1 aromatic heterocycles. The van der Waals surface area contributed by atoms with Gasteiger partial charge in [-0.1, -0.05) is 18.5 Å². The number of benzene rings is 1. The number of imidazole rings is 1. The van der Waals surface area contributed by atoms with Gasteiger partial charge in [-0.2, -0.15) is 0 Å². The van der Waals surface area contributed by atoms with Crippen LogP contribution in [0.2, 0.25) is 5.02 Å². The second-order valence-corrected chi connectivity index (χ2v) is 5.95. The molecule has 1 unspecified atom stereocenters. The maximum atomic E-state index is 6.25. The van der Waals surface area contributed by atoms with Gasteiger partial charge in [0.05, 0.1) is 11.0 Å². The summed E-state index contributed by atoms with van der Waals surface area (Å²) in [4.78, 5) is 4.74. The largest absolute Gasteiger partial charge is 0.328 e. The Morgan fingerprint density at radius 2 is 2.26 bits per heavy atom. The zero-order chi connectivity index (χ0) is 13.4. The molecular formula is C15H20ClN3. The second kappa shape index (κ2) is 5.14. The smallest absolute Gasteiger partial charge is 0.111 e. The number of nitrogens with zero attached hydrogens (tertiary/aromatic N) is 2. The summed E-state index contributed by atoms with van der Waals surface area (Å²) in [6.45, 7) is 3.18. The molecule has 1 aliphatic rings. The Morgan fingerprint density at radius 1 is 1.47 bits per heavy atom.